The maximum atomic E-state index is 13.4. The third-order valence-corrected chi connectivity index (χ3v) is 8.88. The highest BCUT2D eigenvalue weighted by molar-refractivity contribution is 8.00. The molecule has 0 unspecified atom stereocenters. The lowest BCUT2D eigenvalue weighted by molar-refractivity contribution is -0.131. The van der Waals surface area contributed by atoms with Crippen LogP contribution in [-0.2, 0) is 15.0 Å². The van der Waals surface area contributed by atoms with Crippen molar-refractivity contribution >= 4 is 27.9 Å². The number of benzene rings is 2. The molecule has 160 valence electrons. The highest BCUT2D eigenvalue weighted by Crippen LogP contribution is 2.37. The fourth-order valence-corrected chi connectivity index (χ4v) is 6.71. The zero-order chi connectivity index (χ0) is 21.0. The molecule has 0 N–H and O–H groups in total. The average Bonchev–Trinajstić information content (AvgIpc) is 3.34. The Kier molecular flexibility index (Phi) is 6.77. The summed E-state index contributed by atoms with van der Waals surface area (Å²) in [6.07, 6.45) is 1.85. The Morgan fingerprint density at radius 2 is 1.30 bits per heavy atom. The van der Waals surface area contributed by atoms with Gasteiger partial charge >= 0.3 is 0 Å². The smallest absolute Gasteiger partial charge is 0.282 e. The van der Waals surface area contributed by atoms with E-state index in [1.165, 1.54) is 16.1 Å². The van der Waals surface area contributed by atoms with Gasteiger partial charge in [-0.1, -0.05) is 48.5 Å². The second-order valence-corrected chi connectivity index (χ2v) is 10.7. The zero-order valence-electron chi connectivity index (χ0n) is 16.9. The van der Waals surface area contributed by atoms with Crippen LogP contribution in [0.15, 0.2) is 65.6 Å². The summed E-state index contributed by atoms with van der Waals surface area (Å²) >= 11 is 1.54. The number of carbonyl (C=O) groups excluding carboxylic acids is 1. The van der Waals surface area contributed by atoms with Crippen LogP contribution in [0.2, 0.25) is 0 Å². The fourth-order valence-electron chi connectivity index (χ4n) is 3.91. The van der Waals surface area contributed by atoms with Gasteiger partial charge in [0.15, 0.2) is 0 Å². The number of piperazine rings is 1. The van der Waals surface area contributed by atoms with Gasteiger partial charge in [-0.25, -0.2) is 0 Å². The number of amides is 1. The molecule has 2 aliphatic rings. The van der Waals surface area contributed by atoms with Crippen molar-refractivity contribution in [2.24, 2.45) is 0 Å². The minimum atomic E-state index is -3.41. The minimum Gasteiger partial charge on any atom is -0.339 e. The molecule has 2 aromatic carbocycles. The standard InChI is InChI=1S/C22H27N3O3S2/c26-22(21(19-9-3-1-4-10-19)29-20-11-5-2-6-12-20)23-15-17-25(18-16-23)30(27,28)24-13-7-8-14-24/h1-6,9-12,21H,7-8,13-18H2/t21-/m0/s1. The Morgan fingerprint density at radius 1 is 0.767 bits per heavy atom. The topological polar surface area (TPSA) is 60.9 Å². The minimum absolute atomic E-state index is 0.0354. The molecule has 0 aromatic heterocycles. The molecule has 1 atom stereocenters. The van der Waals surface area contributed by atoms with E-state index in [0.717, 1.165) is 23.3 Å². The number of thioether (sulfide) groups is 1. The maximum Gasteiger partial charge on any atom is 0.282 e. The Bertz CT molecular complexity index is 940. The SMILES string of the molecule is O=C([C@@H](Sc1ccccc1)c1ccccc1)N1CCN(S(=O)(=O)N2CCCC2)CC1. The van der Waals surface area contributed by atoms with Crippen LogP contribution in [0.5, 0.6) is 0 Å². The van der Waals surface area contributed by atoms with E-state index in [9.17, 15) is 13.2 Å². The molecule has 0 spiro atoms. The van der Waals surface area contributed by atoms with Crippen LogP contribution >= 0.6 is 11.8 Å². The predicted octanol–water partition coefficient (Wildman–Crippen LogP) is 3.00. The van der Waals surface area contributed by atoms with Gasteiger partial charge in [-0.3, -0.25) is 4.79 Å². The van der Waals surface area contributed by atoms with Crippen molar-refractivity contribution in [2.75, 3.05) is 39.3 Å². The van der Waals surface area contributed by atoms with E-state index in [1.54, 1.807) is 4.31 Å². The molecule has 2 heterocycles. The Labute approximate surface area is 183 Å². The fraction of sp³-hybridized carbons (Fsp3) is 0.409. The van der Waals surface area contributed by atoms with Gasteiger partial charge < -0.3 is 4.90 Å². The summed E-state index contributed by atoms with van der Waals surface area (Å²) in [7, 11) is -3.41. The highest BCUT2D eigenvalue weighted by Gasteiger charge is 2.36. The summed E-state index contributed by atoms with van der Waals surface area (Å²) in [4.78, 5) is 16.3. The van der Waals surface area contributed by atoms with Crippen LogP contribution in [0.1, 0.15) is 23.7 Å². The number of nitrogens with zero attached hydrogens (tertiary/aromatic N) is 3. The second-order valence-electron chi connectivity index (χ2n) is 7.56. The average molecular weight is 446 g/mol. The molecule has 2 aromatic rings. The van der Waals surface area contributed by atoms with Crippen molar-refractivity contribution in [3.63, 3.8) is 0 Å². The first-order valence-corrected chi connectivity index (χ1v) is 12.6. The van der Waals surface area contributed by atoms with E-state index < -0.39 is 10.2 Å². The first kappa shape index (κ1) is 21.4. The van der Waals surface area contributed by atoms with E-state index in [4.69, 9.17) is 0 Å². The molecule has 0 bridgehead atoms. The van der Waals surface area contributed by atoms with Crippen molar-refractivity contribution in [1.29, 1.82) is 0 Å². The Balaban J connectivity index is 1.46. The molecule has 2 fully saturated rings. The number of carbonyl (C=O) groups is 1. The predicted molar refractivity (Wildman–Crippen MR) is 119 cm³/mol. The third kappa shape index (κ3) is 4.72. The number of rotatable bonds is 6. The monoisotopic (exact) mass is 445 g/mol. The first-order valence-electron chi connectivity index (χ1n) is 10.4. The van der Waals surface area contributed by atoms with E-state index in [0.29, 0.717) is 39.3 Å². The van der Waals surface area contributed by atoms with Gasteiger partial charge in [-0.2, -0.15) is 17.0 Å². The molecular formula is C22H27N3O3S2. The molecule has 4 rings (SSSR count). The zero-order valence-corrected chi connectivity index (χ0v) is 18.5. The van der Waals surface area contributed by atoms with E-state index in [1.807, 2.05) is 65.6 Å². The summed E-state index contributed by atoms with van der Waals surface area (Å²) in [5.41, 5.74) is 0.962. The van der Waals surface area contributed by atoms with E-state index in [2.05, 4.69) is 0 Å². The summed E-state index contributed by atoms with van der Waals surface area (Å²) in [5, 5.41) is -0.352. The van der Waals surface area contributed by atoms with Crippen molar-refractivity contribution in [3.8, 4) is 0 Å². The quantitative estimate of drug-likeness (QED) is 0.642. The van der Waals surface area contributed by atoms with Crippen molar-refractivity contribution < 1.29 is 13.2 Å². The first-order chi connectivity index (χ1) is 14.6. The van der Waals surface area contributed by atoms with Gasteiger partial charge in [0, 0.05) is 44.2 Å². The van der Waals surface area contributed by atoms with Gasteiger partial charge in [0.05, 0.1) is 0 Å². The largest absolute Gasteiger partial charge is 0.339 e. The van der Waals surface area contributed by atoms with Crippen LogP contribution in [0, 0.1) is 0 Å². The number of hydrogen-bond donors (Lipinski definition) is 0. The molecule has 1 amide bonds. The van der Waals surface area contributed by atoms with Crippen LogP contribution in [-0.4, -0.2) is 67.1 Å². The summed E-state index contributed by atoms with van der Waals surface area (Å²) < 4.78 is 28.7. The van der Waals surface area contributed by atoms with Gasteiger partial charge in [0.2, 0.25) is 5.91 Å². The summed E-state index contributed by atoms with van der Waals surface area (Å²) in [6.45, 7) is 2.75. The van der Waals surface area contributed by atoms with E-state index in [-0.39, 0.29) is 11.2 Å². The molecule has 2 aliphatic heterocycles. The van der Waals surface area contributed by atoms with Gasteiger partial charge in [0.1, 0.15) is 5.25 Å². The highest BCUT2D eigenvalue weighted by atomic mass is 32.2. The van der Waals surface area contributed by atoms with Crippen molar-refractivity contribution in [3.05, 3.63) is 66.2 Å². The summed E-state index contributed by atoms with van der Waals surface area (Å²) in [6, 6.07) is 19.7. The van der Waals surface area contributed by atoms with Gasteiger partial charge in [0.25, 0.3) is 10.2 Å². The lowest BCUT2D eigenvalue weighted by atomic mass is 10.1. The second kappa shape index (κ2) is 9.51. The van der Waals surface area contributed by atoms with Crippen LogP contribution in [0.3, 0.4) is 0 Å². The van der Waals surface area contributed by atoms with Crippen LogP contribution in [0.25, 0.3) is 0 Å². The Morgan fingerprint density at radius 3 is 1.90 bits per heavy atom. The van der Waals surface area contributed by atoms with Crippen molar-refractivity contribution in [2.45, 2.75) is 23.0 Å². The number of hydrogen-bond acceptors (Lipinski definition) is 4. The molecule has 2 saturated heterocycles. The molecule has 0 aliphatic carbocycles. The molecule has 30 heavy (non-hydrogen) atoms. The Hall–Kier alpha value is -1.87. The third-order valence-electron chi connectivity index (χ3n) is 5.59. The summed E-state index contributed by atoms with van der Waals surface area (Å²) in [5.74, 6) is 0.0354. The van der Waals surface area contributed by atoms with Crippen molar-refractivity contribution in [1.82, 2.24) is 13.5 Å². The molecule has 6 nitrogen and oxygen atoms in total. The normalized spacial score (nSPS) is 19.7. The molecule has 0 saturated carbocycles. The molecule has 8 heteroatoms. The van der Waals surface area contributed by atoms with Gasteiger partial charge in [-0.05, 0) is 30.5 Å². The van der Waals surface area contributed by atoms with Crippen LogP contribution < -0.4 is 0 Å². The lowest BCUT2D eigenvalue weighted by Crippen LogP contribution is -2.54. The molecule has 0 radical (unpaired) electrons. The molecular weight excluding hydrogens is 418 g/mol. The lowest BCUT2D eigenvalue weighted by Gasteiger charge is -2.37. The van der Waals surface area contributed by atoms with Crippen LogP contribution in [0.4, 0.5) is 0 Å². The maximum absolute atomic E-state index is 13.4. The van der Waals surface area contributed by atoms with Gasteiger partial charge in [-0.15, -0.1) is 11.8 Å². The van der Waals surface area contributed by atoms with E-state index >= 15 is 0 Å².